The molecule has 3 aromatic rings. The third kappa shape index (κ3) is 7.89. The van der Waals surface area contributed by atoms with E-state index in [1.165, 1.54) is 17.5 Å². The highest BCUT2D eigenvalue weighted by molar-refractivity contribution is 5.74. The van der Waals surface area contributed by atoms with Gasteiger partial charge in [0.05, 0.1) is 12.3 Å². The lowest BCUT2D eigenvalue weighted by molar-refractivity contribution is -0.146. The van der Waals surface area contributed by atoms with E-state index in [0.29, 0.717) is 24.4 Å². The molecule has 1 aromatic heterocycles. The number of aromatic nitrogens is 2. The van der Waals surface area contributed by atoms with Gasteiger partial charge in [0.1, 0.15) is 12.6 Å². The highest BCUT2D eigenvalue weighted by atomic mass is 16.5. The Kier molecular flexibility index (Phi) is 10.9. The standard InChI is InChI=1S/C38H50N4O4/c1-2-46-36(43)27-42-33(22-28-12-6-3-7-13-28)23-35(39-42)30-18-20-40(21-19-30)24-32-25-41(26-34(32)29-14-8-4-9-15-29)37(38(44)45)31-16-10-5-11-17-31/h3-4,6-9,12-15,23,30-32,34,37H,2,5,10-11,16-22,24-27H2,1H3,(H,44,45). The third-order valence-electron chi connectivity index (χ3n) is 10.6. The van der Waals surface area contributed by atoms with Crippen molar-refractivity contribution in [3.05, 3.63) is 89.2 Å². The van der Waals surface area contributed by atoms with Gasteiger partial charge in [-0.15, -0.1) is 0 Å². The molecule has 3 aliphatic rings. The molecule has 46 heavy (non-hydrogen) atoms. The molecule has 8 nitrogen and oxygen atoms in total. The van der Waals surface area contributed by atoms with E-state index in [1.807, 2.05) is 29.8 Å². The summed E-state index contributed by atoms with van der Waals surface area (Å²) in [5.41, 5.74) is 4.64. The Morgan fingerprint density at radius 2 is 1.63 bits per heavy atom. The quantitative estimate of drug-likeness (QED) is 0.248. The van der Waals surface area contributed by atoms with Gasteiger partial charge in [-0.1, -0.05) is 79.9 Å². The van der Waals surface area contributed by atoms with E-state index in [4.69, 9.17) is 9.84 Å². The fourth-order valence-corrected chi connectivity index (χ4v) is 8.33. The number of hydrogen-bond donors (Lipinski definition) is 1. The fourth-order valence-electron chi connectivity index (χ4n) is 8.33. The molecule has 2 aliphatic heterocycles. The molecule has 2 aromatic carbocycles. The number of nitrogens with zero attached hydrogens (tertiary/aromatic N) is 4. The van der Waals surface area contributed by atoms with Gasteiger partial charge in [-0.2, -0.15) is 5.10 Å². The summed E-state index contributed by atoms with van der Waals surface area (Å²) in [7, 11) is 0. The second-order valence-corrected chi connectivity index (χ2v) is 13.7. The molecular formula is C38H50N4O4. The van der Waals surface area contributed by atoms with E-state index < -0.39 is 5.97 Å². The molecule has 1 aliphatic carbocycles. The van der Waals surface area contributed by atoms with Crippen molar-refractivity contribution in [2.24, 2.45) is 11.8 Å². The van der Waals surface area contributed by atoms with Gasteiger partial charge in [-0.3, -0.25) is 19.2 Å². The Hall–Kier alpha value is -3.49. The number of ether oxygens (including phenoxy) is 1. The lowest BCUT2D eigenvalue weighted by Gasteiger charge is -2.35. The lowest BCUT2D eigenvalue weighted by Crippen LogP contribution is -2.46. The summed E-state index contributed by atoms with van der Waals surface area (Å²) in [5, 5.41) is 15.3. The van der Waals surface area contributed by atoms with Crippen LogP contribution in [0.2, 0.25) is 0 Å². The predicted molar refractivity (Wildman–Crippen MR) is 179 cm³/mol. The number of carbonyl (C=O) groups excluding carboxylic acids is 1. The van der Waals surface area contributed by atoms with E-state index in [2.05, 4.69) is 58.3 Å². The SMILES string of the molecule is CCOC(=O)Cn1nc(C2CCN(CC3CN(C(C(=O)O)C4CCCCC4)CC3c3ccccc3)CC2)cc1Cc1ccccc1. The van der Waals surface area contributed by atoms with Gasteiger partial charge >= 0.3 is 11.9 Å². The predicted octanol–water partition coefficient (Wildman–Crippen LogP) is 5.97. The van der Waals surface area contributed by atoms with Crippen LogP contribution >= 0.6 is 0 Å². The molecule has 8 heteroatoms. The van der Waals surface area contributed by atoms with Crippen molar-refractivity contribution in [3.63, 3.8) is 0 Å². The maximum atomic E-state index is 12.6. The number of rotatable bonds is 12. The van der Waals surface area contributed by atoms with Crippen LogP contribution in [0.15, 0.2) is 66.7 Å². The van der Waals surface area contributed by atoms with Gasteiger partial charge in [-0.05, 0) is 74.7 Å². The Balaban J connectivity index is 1.13. The summed E-state index contributed by atoms with van der Waals surface area (Å²) in [5.74, 6) is 0.436. The molecule has 1 saturated carbocycles. The molecule has 1 N–H and O–H groups in total. The van der Waals surface area contributed by atoms with Crippen molar-refractivity contribution in [2.45, 2.75) is 82.7 Å². The van der Waals surface area contributed by atoms with Gasteiger partial charge in [0.25, 0.3) is 0 Å². The third-order valence-corrected chi connectivity index (χ3v) is 10.6. The van der Waals surface area contributed by atoms with Crippen molar-refractivity contribution in [1.29, 1.82) is 0 Å². The summed E-state index contributed by atoms with van der Waals surface area (Å²) < 4.78 is 7.09. The number of carboxylic acid groups (broad SMARTS) is 1. The number of hydrogen-bond acceptors (Lipinski definition) is 6. The number of piperidine rings is 1. The van der Waals surface area contributed by atoms with Crippen LogP contribution in [0.25, 0.3) is 0 Å². The number of esters is 1. The number of aliphatic carboxylic acids is 1. The van der Waals surface area contributed by atoms with Crippen molar-refractivity contribution in [1.82, 2.24) is 19.6 Å². The van der Waals surface area contributed by atoms with Crippen LogP contribution in [0, 0.1) is 11.8 Å². The first-order valence-corrected chi connectivity index (χ1v) is 17.5. The number of benzene rings is 2. The van der Waals surface area contributed by atoms with Gasteiger partial charge in [0.2, 0.25) is 0 Å². The number of likely N-dealkylation sites (tertiary alicyclic amines) is 2. The van der Waals surface area contributed by atoms with Crippen molar-refractivity contribution < 1.29 is 19.4 Å². The van der Waals surface area contributed by atoms with Gasteiger partial charge in [0.15, 0.2) is 0 Å². The first-order chi connectivity index (χ1) is 22.5. The Morgan fingerprint density at radius 1 is 0.935 bits per heavy atom. The van der Waals surface area contributed by atoms with Gasteiger partial charge < -0.3 is 14.7 Å². The molecule has 3 unspecified atom stereocenters. The zero-order valence-electron chi connectivity index (χ0n) is 27.3. The van der Waals surface area contributed by atoms with Crippen LogP contribution < -0.4 is 0 Å². The first-order valence-electron chi connectivity index (χ1n) is 17.5. The maximum Gasteiger partial charge on any atom is 0.327 e. The monoisotopic (exact) mass is 626 g/mol. The number of carboxylic acids is 1. The normalized spacial score (nSPS) is 22.5. The Morgan fingerprint density at radius 3 is 2.30 bits per heavy atom. The second-order valence-electron chi connectivity index (χ2n) is 13.7. The lowest BCUT2D eigenvalue weighted by atomic mass is 9.83. The summed E-state index contributed by atoms with van der Waals surface area (Å²) in [6.45, 7) is 6.95. The van der Waals surface area contributed by atoms with Crippen LogP contribution in [0.5, 0.6) is 0 Å². The minimum atomic E-state index is -0.644. The molecule has 3 atom stereocenters. The van der Waals surface area contributed by atoms with E-state index in [1.54, 1.807) is 0 Å². The summed E-state index contributed by atoms with van der Waals surface area (Å²) in [6.07, 6.45) is 8.36. The average molecular weight is 627 g/mol. The zero-order valence-corrected chi connectivity index (χ0v) is 27.3. The van der Waals surface area contributed by atoms with Gasteiger partial charge in [-0.25, -0.2) is 0 Å². The summed E-state index contributed by atoms with van der Waals surface area (Å²) >= 11 is 0. The van der Waals surface area contributed by atoms with Crippen LogP contribution in [-0.4, -0.2) is 82.0 Å². The summed E-state index contributed by atoms with van der Waals surface area (Å²) in [6, 6.07) is 22.9. The molecular weight excluding hydrogens is 576 g/mol. The molecule has 246 valence electrons. The van der Waals surface area contributed by atoms with E-state index in [9.17, 15) is 14.7 Å². The molecule has 0 radical (unpaired) electrons. The minimum absolute atomic E-state index is 0.131. The maximum absolute atomic E-state index is 12.6. The molecule has 3 heterocycles. The average Bonchev–Trinajstić information content (AvgIpc) is 3.66. The van der Waals surface area contributed by atoms with Crippen molar-refractivity contribution in [3.8, 4) is 0 Å². The summed E-state index contributed by atoms with van der Waals surface area (Å²) in [4.78, 5) is 29.9. The molecule has 3 fully saturated rings. The van der Waals surface area contributed by atoms with Crippen LogP contribution in [0.1, 0.15) is 86.2 Å². The second kappa shape index (κ2) is 15.4. The Bertz CT molecular complexity index is 1410. The molecule has 2 saturated heterocycles. The van der Waals surface area contributed by atoms with Gasteiger partial charge in [0, 0.05) is 43.6 Å². The van der Waals surface area contributed by atoms with Crippen LogP contribution in [-0.2, 0) is 27.3 Å². The Labute approximate surface area is 273 Å². The largest absolute Gasteiger partial charge is 0.480 e. The molecule has 0 bridgehead atoms. The van der Waals surface area contributed by atoms with Crippen molar-refractivity contribution in [2.75, 3.05) is 39.3 Å². The van der Waals surface area contributed by atoms with E-state index in [-0.39, 0.29) is 24.5 Å². The van der Waals surface area contributed by atoms with E-state index in [0.717, 1.165) is 89.1 Å². The number of carbonyl (C=O) groups is 2. The highest BCUT2D eigenvalue weighted by Gasteiger charge is 2.43. The van der Waals surface area contributed by atoms with Crippen molar-refractivity contribution >= 4 is 11.9 Å². The first kappa shape index (κ1) is 32.5. The van der Waals surface area contributed by atoms with Crippen LogP contribution in [0.3, 0.4) is 0 Å². The fraction of sp³-hybridized carbons (Fsp3) is 0.553. The topological polar surface area (TPSA) is 87.9 Å². The highest BCUT2D eigenvalue weighted by Crippen LogP contribution is 2.39. The molecule has 6 rings (SSSR count). The minimum Gasteiger partial charge on any atom is -0.480 e. The molecule has 0 amide bonds. The zero-order chi connectivity index (χ0) is 31.9. The van der Waals surface area contributed by atoms with Crippen LogP contribution in [0.4, 0.5) is 0 Å². The smallest absolute Gasteiger partial charge is 0.327 e. The van der Waals surface area contributed by atoms with E-state index >= 15 is 0 Å². The molecule has 0 spiro atoms.